The highest BCUT2D eigenvalue weighted by atomic mass is 16.5. The van der Waals surface area contributed by atoms with Crippen molar-refractivity contribution >= 4 is 0 Å². The molecule has 0 aliphatic heterocycles. The molecule has 0 aliphatic rings. The average molecular weight is 214 g/mol. The van der Waals surface area contributed by atoms with Crippen molar-refractivity contribution in [2.75, 3.05) is 0 Å². The summed E-state index contributed by atoms with van der Waals surface area (Å²) < 4.78 is 6.14. The van der Waals surface area contributed by atoms with Crippen LogP contribution in [0.5, 0.6) is 0 Å². The molecule has 0 heterocycles. The summed E-state index contributed by atoms with van der Waals surface area (Å²) in [5.74, 6) is 0.745. The molecule has 2 atom stereocenters. The van der Waals surface area contributed by atoms with E-state index in [1.54, 1.807) is 0 Å². The lowest BCUT2D eigenvalue weighted by Gasteiger charge is -2.32. The fraction of sp³-hybridized carbons (Fsp3) is 1.00. The van der Waals surface area contributed by atoms with Crippen LogP contribution in [0.3, 0.4) is 0 Å². The van der Waals surface area contributed by atoms with Crippen LogP contribution < -0.4 is 0 Å². The van der Waals surface area contributed by atoms with E-state index in [4.69, 9.17) is 4.74 Å². The largest absolute Gasteiger partial charge is 0.372 e. The highest BCUT2D eigenvalue weighted by Gasteiger charge is 2.23. The zero-order chi connectivity index (χ0) is 11.9. The summed E-state index contributed by atoms with van der Waals surface area (Å²) in [5, 5.41) is 0. The zero-order valence-corrected chi connectivity index (χ0v) is 11.6. The van der Waals surface area contributed by atoms with Gasteiger partial charge in [0.15, 0.2) is 0 Å². The predicted octanol–water partition coefficient (Wildman–Crippen LogP) is 4.80. The Bertz CT molecular complexity index is 146. The first-order valence-corrected chi connectivity index (χ1v) is 6.62. The van der Waals surface area contributed by atoms with Crippen molar-refractivity contribution in [2.45, 2.75) is 85.4 Å². The van der Waals surface area contributed by atoms with Gasteiger partial charge in [0.05, 0.1) is 11.7 Å². The number of unbranched alkanes of at least 4 members (excludes halogenated alkanes) is 1. The first-order chi connectivity index (χ1) is 6.94. The van der Waals surface area contributed by atoms with E-state index in [-0.39, 0.29) is 5.60 Å². The summed E-state index contributed by atoms with van der Waals surface area (Å²) in [6.45, 7) is 13.3. The van der Waals surface area contributed by atoms with Gasteiger partial charge in [-0.1, -0.05) is 40.0 Å². The van der Waals surface area contributed by atoms with E-state index in [1.807, 2.05) is 0 Å². The molecule has 0 saturated carbocycles. The predicted molar refractivity (Wildman–Crippen MR) is 68.2 cm³/mol. The van der Waals surface area contributed by atoms with E-state index in [1.165, 1.54) is 25.7 Å². The standard InChI is InChI=1S/C14H30O/c1-7-10-11-12(8-2)13(9-3)15-14(4,5)6/h12-13H,7-11H2,1-6H3. The first-order valence-electron chi connectivity index (χ1n) is 6.62. The third-order valence-electron chi connectivity index (χ3n) is 2.89. The van der Waals surface area contributed by atoms with Gasteiger partial charge in [-0.05, 0) is 39.5 Å². The summed E-state index contributed by atoms with van der Waals surface area (Å²) in [6, 6.07) is 0. The summed E-state index contributed by atoms with van der Waals surface area (Å²) in [5.41, 5.74) is 0.000309. The molecule has 2 unspecified atom stereocenters. The van der Waals surface area contributed by atoms with Crippen molar-refractivity contribution in [3.63, 3.8) is 0 Å². The van der Waals surface area contributed by atoms with Crippen LogP contribution in [0.15, 0.2) is 0 Å². The molecule has 0 amide bonds. The molecule has 0 aliphatic carbocycles. The Morgan fingerprint density at radius 2 is 1.60 bits per heavy atom. The highest BCUT2D eigenvalue weighted by molar-refractivity contribution is 4.72. The monoisotopic (exact) mass is 214 g/mol. The Balaban J connectivity index is 4.20. The maximum atomic E-state index is 6.14. The number of hydrogen-bond acceptors (Lipinski definition) is 1. The van der Waals surface area contributed by atoms with Crippen molar-refractivity contribution < 1.29 is 4.74 Å². The molecular weight excluding hydrogens is 184 g/mol. The van der Waals surface area contributed by atoms with Crippen LogP contribution in [0.4, 0.5) is 0 Å². The third-order valence-corrected chi connectivity index (χ3v) is 2.89. The number of ether oxygens (including phenoxy) is 1. The Labute approximate surface area is 96.6 Å². The van der Waals surface area contributed by atoms with Crippen LogP contribution in [0.2, 0.25) is 0 Å². The SMILES string of the molecule is CCCCC(CC)C(CC)OC(C)(C)C. The quantitative estimate of drug-likeness (QED) is 0.591. The normalized spacial score (nSPS) is 16.4. The van der Waals surface area contributed by atoms with E-state index in [2.05, 4.69) is 41.5 Å². The van der Waals surface area contributed by atoms with E-state index in [9.17, 15) is 0 Å². The molecule has 0 aromatic rings. The summed E-state index contributed by atoms with van der Waals surface area (Å²) in [4.78, 5) is 0. The third kappa shape index (κ3) is 6.94. The molecule has 0 aromatic carbocycles. The number of rotatable bonds is 7. The minimum atomic E-state index is 0.000309. The Morgan fingerprint density at radius 3 is 1.93 bits per heavy atom. The molecule has 15 heavy (non-hydrogen) atoms. The lowest BCUT2D eigenvalue weighted by Crippen LogP contribution is -2.32. The van der Waals surface area contributed by atoms with Gasteiger partial charge in [0.2, 0.25) is 0 Å². The van der Waals surface area contributed by atoms with Gasteiger partial charge < -0.3 is 4.74 Å². The van der Waals surface area contributed by atoms with Crippen molar-refractivity contribution in [1.82, 2.24) is 0 Å². The smallest absolute Gasteiger partial charge is 0.0607 e. The molecule has 92 valence electrons. The topological polar surface area (TPSA) is 9.23 Å². The van der Waals surface area contributed by atoms with Crippen LogP contribution in [0.25, 0.3) is 0 Å². The van der Waals surface area contributed by atoms with Gasteiger partial charge in [-0.15, -0.1) is 0 Å². The van der Waals surface area contributed by atoms with Gasteiger partial charge in [0, 0.05) is 0 Å². The van der Waals surface area contributed by atoms with Crippen molar-refractivity contribution in [2.24, 2.45) is 5.92 Å². The Morgan fingerprint density at radius 1 is 1.00 bits per heavy atom. The van der Waals surface area contributed by atoms with Gasteiger partial charge >= 0.3 is 0 Å². The van der Waals surface area contributed by atoms with Crippen LogP contribution in [-0.2, 0) is 4.74 Å². The molecule has 1 nitrogen and oxygen atoms in total. The van der Waals surface area contributed by atoms with Gasteiger partial charge in [0.1, 0.15) is 0 Å². The summed E-state index contributed by atoms with van der Waals surface area (Å²) in [6.07, 6.45) is 6.78. The Hall–Kier alpha value is -0.0400. The lowest BCUT2D eigenvalue weighted by atomic mass is 9.91. The highest BCUT2D eigenvalue weighted by Crippen LogP contribution is 2.25. The molecule has 0 saturated heterocycles. The minimum Gasteiger partial charge on any atom is -0.372 e. The van der Waals surface area contributed by atoms with Crippen molar-refractivity contribution in [1.29, 1.82) is 0 Å². The molecule has 0 bridgehead atoms. The van der Waals surface area contributed by atoms with Crippen LogP contribution >= 0.6 is 0 Å². The molecule has 0 rings (SSSR count). The maximum absolute atomic E-state index is 6.14. The molecule has 1 heteroatoms. The first kappa shape index (κ1) is 15.0. The number of hydrogen-bond donors (Lipinski definition) is 0. The van der Waals surface area contributed by atoms with Crippen molar-refractivity contribution in [3.8, 4) is 0 Å². The lowest BCUT2D eigenvalue weighted by molar-refractivity contribution is -0.0886. The van der Waals surface area contributed by atoms with Gasteiger partial charge in [-0.2, -0.15) is 0 Å². The van der Waals surface area contributed by atoms with Crippen molar-refractivity contribution in [3.05, 3.63) is 0 Å². The van der Waals surface area contributed by atoms with E-state index >= 15 is 0 Å². The average Bonchev–Trinajstić information content (AvgIpc) is 2.15. The van der Waals surface area contributed by atoms with Gasteiger partial charge in [-0.25, -0.2) is 0 Å². The van der Waals surface area contributed by atoms with Crippen LogP contribution in [0.1, 0.15) is 73.6 Å². The fourth-order valence-electron chi connectivity index (χ4n) is 2.09. The second kappa shape index (κ2) is 7.27. The molecule has 0 radical (unpaired) electrons. The zero-order valence-electron chi connectivity index (χ0n) is 11.6. The second-order valence-electron chi connectivity index (χ2n) is 5.49. The second-order valence-corrected chi connectivity index (χ2v) is 5.49. The van der Waals surface area contributed by atoms with Crippen LogP contribution in [-0.4, -0.2) is 11.7 Å². The van der Waals surface area contributed by atoms with E-state index in [0.717, 1.165) is 12.3 Å². The van der Waals surface area contributed by atoms with Crippen LogP contribution in [0, 0.1) is 5.92 Å². The molecular formula is C14H30O. The molecule has 0 N–H and O–H groups in total. The molecule has 0 spiro atoms. The minimum absolute atomic E-state index is 0.000309. The maximum Gasteiger partial charge on any atom is 0.0607 e. The molecule has 0 aromatic heterocycles. The van der Waals surface area contributed by atoms with E-state index in [0.29, 0.717) is 6.10 Å². The fourth-order valence-corrected chi connectivity index (χ4v) is 2.09. The molecule has 0 fully saturated rings. The summed E-state index contributed by atoms with van der Waals surface area (Å²) >= 11 is 0. The van der Waals surface area contributed by atoms with E-state index < -0.39 is 0 Å². The van der Waals surface area contributed by atoms with Gasteiger partial charge in [-0.3, -0.25) is 0 Å². The Kier molecular flexibility index (Phi) is 7.25. The summed E-state index contributed by atoms with van der Waals surface area (Å²) in [7, 11) is 0. The van der Waals surface area contributed by atoms with Gasteiger partial charge in [0.25, 0.3) is 0 Å².